The number of fused-ring (bicyclic) bond motifs is 1. The molecule has 0 spiro atoms. The standard InChI is InChI=1S/C26H24F2N6O2/c1-4-36-18-13-21(27)20(22(28)14-18)15-34-23-8-6-5-7-19(23)25(33-34)26(29-2)32-24(16-35-3)31-17-9-11-30-12-10-17/h5-14,16H,2,4,15H2,1,3H3,(H,30,31)/b24-16+,32-26?. The van der Waals surface area contributed by atoms with Gasteiger partial charge in [0.15, 0.2) is 11.7 Å². The van der Waals surface area contributed by atoms with E-state index in [1.165, 1.54) is 30.2 Å². The van der Waals surface area contributed by atoms with Crippen LogP contribution in [0.4, 0.5) is 14.5 Å². The van der Waals surface area contributed by atoms with Gasteiger partial charge in [-0.3, -0.25) is 9.67 Å². The summed E-state index contributed by atoms with van der Waals surface area (Å²) in [6, 6.07) is 13.1. The van der Waals surface area contributed by atoms with Crippen molar-refractivity contribution in [1.29, 1.82) is 0 Å². The first-order valence-electron chi connectivity index (χ1n) is 11.1. The van der Waals surface area contributed by atoms with Gasteiger partial charge in [0.1, 0.15) is 29.3 Å². The third kappa shape index (κ3) is 5.38. The maximum Gasteiger partial charge on any atom is 0.182 e. The van der Waals surface area contributed by atoms with Gasteiger partial charge in [-0.1, -0.05) is 18.2 Å². The molecule has 36 heavy (non-hydrogen) atoms. The minimum atomic E-state index is -0.720. The van der Waals surface area contributed by atoms with Crippen LogP contribution >= 0.6 is 0 Å². The minimum absolute atomic E-state index is 0.131. The monoisotopic (exact) mass is 490 g/mol. The molecule has 2 heterocycles. The molecule has 0 saturated heterocycles. The van der Waals surface area contributed by atoms with Gasteiger partial charge in [-0.25, -0.2) is 18.8 Å². The number of aromatic nitrogens is 3. The lowest BCUT2D eigenvalue weighted by Crippen LogP contribution is -2.09. The molecule has 0 bridgehead atoms. The number of hydrogen-bond donors (Lipinski definition) is 1. The topological polar surface area (TPSA) is 85.9 Å². The lowest BCUT2D eigenvalue weighted by Gasteiger charge is -2.10. The van der Waals surface area contributed by atoms with E-state index in [0.29, 0.717) is 29.0 Å². The Hall–Kier alpha value is -4.60. The fourth-order valence-electron chi connectivity index (χ4n) is 3.60. The van der Waals surface area contributed by atoms with Crippen LogP contribution in [0.1, 0.15) is 18.2 Å². The minimum Gasteiger partial charge on any atom is -0.501 e. The van der Waals surface area contributed by atoms with Crippen molar-refractivity contribution in [3.05, 3.63) is 95.9 Å². The number of hydrogen-bond acceptors (Lipinski definition) is 6. The van der Waals surface area contributed by atoms with Crippen molar-refractivity contribution in [3.63, 3.8) is 0 Å². The fraction of sp³-hybridized carbons (Fsp3) is 0.154. The van der Waals surface area contributed by atoms with Crippen molar-refractivity contribution in [2.45, 2.75) is 13.5 Å². The molecule has 0 fully saturated rings. The third-order valence-corrected chi connectivity index (χ3v) is 5.16. The summed E-state index contributed by atoms with van der Waals surface area (Å²) in [5.74, 6) is -0.771. The Morgan fingerprint density at radius 1 is 1.14 bits per heavy atom. The Balaban J connectivity index is 1.75. The highest BCUT2D eigenvalue weighted by Gasteiger charge is 2.19. The zero-order valence-electron chi connectivity index (χ0n) is 19.8. The lowest BCUT2D eigenvalue weighted by atomic mass is 10.1. The van der Waals surface area contributed by atoms with Gasteiger partial charge in [0, 0.05) is 41.2 Å². The molecule has 8 nitrogen and oxygen atoms in total. The van der Waals surface area contributed by atoms with Crippen molar-refractivity contribution >= 4 is 29.1 Å². The predicted octanol–water partition coefficient (Wildman–Crippen LogP) is 5.16. The molecule has 2 aromatic carbocycles. The van der Waals surface area contributed by atoms with E-state index in [2.05, 4.69) is 32.1 Å². The summed E-state index contributed by atoms with van der Waals surface area (Å²) < 4.78 is 41.4. The maximum absolute atomic E-state index is 14.8. The average Bonchev–Trinajstić information content (AvgIpc) is 3.24. The Labute approximate surface area is 206 Å². The molecule has 10 heteroatoms. The number of halogens is 2. The number of ether oxygens (including phenoxy) is 2. The summed E-state index contributed by atoms with van der Waals surface area (Å²) in [5, 5.41) is 8.40. The zero-order chi connectivity index (χ0) is 25.5. The van der Waals surface area contributed by atoms with E-state index < -0.39 is 11.6 Å². The number of benzene rings is 2. The van der Waals surface area contributed by atoms with Crippen molar-refractivity contribution in [1.82, 2.24) is 14.8 Å². The van der Waals surface area contributed by atoms with Crippen LogP contribution < -0.4 is 10.1 Å². The number of rotatable bonds is 9. The molecule has 4 aromatic rings. The molecule has 0 radical (unpaired) electrons. The highest BCUT2D eigenvalue weighted by molar-refractivity contribution is 6.09. The van der Waals surface area contributed by atoms with E-state index in [0.717, 1.165) is 5.69 Å². The van der Waals surface area contributed by atoms with Crippen molar-refractivity contribution < 1.29 is 18.3 Å². The number of pyridine rings is 1. The predicted molar refractivity (Wildman–Crippen MR) is 135 cm³/mol. The van der Waals surface area contributed by atoms with Crippen molar-refractivity contribution in [2.24, 2.45) is 9.98 Å². The Morgan fingerprint density at radius 3 is 2.53 bits per heavy atom. The van der Waals surface area contributed by atoms with Crippen LogP contribution in [0, 0.1) is 11.6 Å². The zero-order valence-corrected chi connectivity index (χ0v) is 19.8. The lowest BCUT2D eigenvalue weighted by molar-refractivity contribution is 0.334. The number of nitrogens with zero attached hydrogens (tertiary/aromatic N) is 5. The van der Waals surface area contributed by atoms with Gasteiger partial charge >= 0.3 is 0 Å². The Kier molecular flexibility index (Phi) is 7.64. The first-order valence-corrected chi connectivity index (χ1v) is 11.1. The summed E-state index contributed by atoms with van der Waals surface area (Å²) in [4.78, 5) is 12.6. The number of nitrogens with one attached hydrogen (secondary N) is 1. The van der Waals surface area contributed by atoms with Crippen LogP contribution in [0.25, 0.3) is 10.9 Å². The maximum atomic E-state index is 14.8. The van der Waals surface area contributed by atoms with Crippen molar-refractivity contribution in [3.8, 4) is 5.75 Å². The quantitative estimate of drug-likeness (QED) is 0.199. The van der Waals surface area contributed by atoms with E-state index in [1.54, 1.807) is 37.5 Å². The van der Waals surface area contributed by atoms with E-state index in [9.17, 15) is 8.78 Å². The SMILES string of the molecule is C=NC(=N/C(=C/OC)Nc1ccncc1)c1nn(Cc2c(F)cc(OCC)cc2F)c2ccccc12. The van der Waals surface area contributed by atoms with E-state index in [1.807, 2.05) is 18.2 Å². The van der Waals surface area contributed by atoms with E-state index >= 15 is 0 Å². The second-order valence-corrected chi connectivity index (χ2v) is 7.52. The highest BCUT2D eigenvalue weighted by Crippen LogP contribution is 2.25. The molecule has 0 unspecified atom stereocenters. The van der Waals surface area contributed by atoms with Crippen molar-refractivity contribution in [2.75, 3.05) is 19.0 Å². The van der Waals surface area contributed by atoms with E-state index in [-0.39, 0.29) is 23.7 Å². The number of aliphatic imine (C=N–C) groups is 2. The first-order chi connectivity index (χ1) is 17.5. The molecule has 1 N–H and O–H groups in total. The van der Waals surface area contributed by atoms with Crippen LogP contribution in [-0.4, -0.2) is 41.0 Å². The van der Waals surface area contributed by atoms with Gasteiger partial charge in [-0.05, 0) is 31.8 Å². The summed E-state index contributed by atoms with van der Waals surface area (Å²) in [7, 11) is 1.49. The summed E-state index contributed by atoms with van der Waals surface area (Å²) in [6.45, 7) is 5.54. The van der Waals surface area contributed by atoms with Gasteiger partial charge < -0.3 is 14.8 Å². The van der Waals surface area contributed by atoms with Crippen LogP contribution in [0.5, 0.6) is 5.75 Å². The third-order valence-electron chi connectivity index (χ3n) is 5.16. The van der Waals surface area contributed by atoms with Gasteiger partial charge in [0.05, 0.1) is 25.8 Å². The smallest absolute Gasteiger partial charge is 0.182 e. The summed E-state index contributed by atoms with van der Waals surface area (Å²) >= 11 is 0. The molecule has 184 valence electrons. The summed E-state index contributed by atoms with van der Waals surface area (Å²) in [6.07, 6.45) is 4.68. The molecule has 0 atom stereocenters. The molecule has 0 amide bonds. The van der Waals surface area contributed by atoms with Gasteiger partial charge in [-0.15, -0.1) is 0 Å². The Morgan fingerprint density at radius 2 is 1.86 bits per heavy atom. The molecular formula is C26H24F2N6O2. The normalized spacial score (nSPS) is 12.0. The molecule has 2 aromatic heterocycles. The van der Waals surface area contributed by atoms with Crippen LogP contribution in [0.3, 0.4) is 0 Å². The van der Waals surface area contributed by atoms with Gasteiger partial charge in [0.25, 0.3) is 0 Å². The van der Waals surface area contributed by atoms with Crippen LogP contribution in [0.2, 0.25) is 0 Å². The highest BCUT2D eigenvalue weighted by atomic mass is 19.1. The second kappa shape index (κ2) is 11.2. The molecule has 4 rings (SSSR count). The van der Waals surface area contributed by atoms with Crippen LogP contribution in [-0.2, 0) is 11.3 Å². The largest absolute Gasteiger partial charge is 0.501 e. The number of methoxy groups -OCH3 is 1. The average molecular weight is 491 g/mol. The molecular weight excluding hydrogens is 466 g/mol. The van der Waals surface area contributed by atoms with E-state index in [4.69, 9.17) is 9.47 Å². The summed E-state index contributed by atoms with van der Waals surface area (Å²) in [5.41, 5.74) is 1.64. The van der Waals surface area contributed by atoms with Gasteiger partial charge in [-0.2, -0.15) is 5.10 Å². The molecule has 0 saturated carbocycles. The number of anilines is 1. The first kappa shape index (κ1) is 24.5. The number of amidine groups is 1. The van der Waals surface area contributed by atoms with Gasteiger partial charge in [0.2, 0.25) is 0 Å². The Bertz CT molecular complexity index is 1410. The second-order valence-electron chi connectivity index (χ2n) is 7.52. The molecule has 0 aliphatic rings. The molecule has 0 aliphatic carbocycles. The number of para-hydroxylation sites is 1. The van der Waals surface area contributed by atoms with Crippen LogP contribution in [0.15, 0.2) is 83.0 Å². The molecule has 0 aliphatic heterocycles. The fourth-order valence-corrected chi connectivity index (χ4v) is 3.60.